The van der Waals surface area contributed by atoms with Crippen molar-refractivity contribution in [2.75, 3.05) is 7.11 Å². The van der Waals surface area contributed by atoms with Crippen molar-refractivity contribution in [3.8, 4) is 0 Å². The number of alkyl carbamates (subject to hydrolysis) is 1. The minimum absolute atomic E-state index is 0.0228. The van der Waals surface area contributed by atoms with Crippen LogP contribution >= 0.6 is 0 Å². The summed E-state index contributed by atoms with van der Waals surface area (Å²) in [6, 6.07) is 7.95. The third-order valence-electron chi connectivity index (χ3n) is 3.86. The Morgan fingerprint density at radius 3 is 1.91 bits per heavy atom. The lowest BCUT2D eigenvalue weighted by molar-refractivity contribution is -0.122. The molecule has 5 nitrogen and oxygen atoms in total. The number of carbonyl (C=O) groups is 2. The molecule has 2 atom stereocenters. The van der Waals surface area contributed by atoms with Gasteiger partial charge in [0.25, 0.3) is 0 Å². The lowest BCUT2D eigenvalue weighted by atomic mass is 9.93. The molecule has 1 aromatic rings. The van der Waals surface area contributed by atoms with Crippen molar-refractivity contribution in [2.24, 2.45) is 5.92 Å². The summed E-state index contributed by atoms with van der Waals surface area (Å²) in [5.41, 5.74) is 2.41. The fourth-order valence-corrected chi connectivity index (χ4v) is 2.37. The topological polar surface area (TPSA) is 67.4 Å². The molecular weight excluding hydrogens is 292 g/mol. The first-order chi connectivity index (χ1) is 10.8. The van der Waals surface area contributed by atoms with Gasteiger partial charge >= 0.3 is 6.09 Å². The predicted octanol–water partition coefficient (Wildman–Crippen LogP) is 3.37. The van der Waals surface area contributed by atoms with Crippen LogP contribution in [0.15, 0.2) is 24.3 Å². The molecule has 0 aliphatic heterocycles. The van der Waals surface area contributed by atoms with Crippen LogP contribution in [0.25, 0.3) is 0 Å². The number of methoxy groups -OCH3 is 1. The molecule has 0 aliphatic carbocycles. The van der Waals surface area contributed by atoms with E-state index in [-0.39, 0.29) is 6.04 Å². The summed E-state index contributed by atoms with van der Waals surface area (Å²) in [6.45, 7) is 10.2. The number of nitrogens with one attached hydrogen (secondary N) is 2. The molecule has 0 unspecified atom stereocenters. The summed E-state index contributed by atoms with van der Waals surface area (Å²) in [7, 11) is 1.23. The Morgan fingerprint density at radius 2 is 1.48 bits per heavy atom. The highest BCUT2D eigenvalue weighted by Gasteiger charge is 2.23. The highest BCUT2D eigenvalue weighted by atomic mass is 16.5. The zero-order chi connectivity index (χ0) is 17.6. The quantitative estimate of drug-likeness (QED) is 0.843. The first-order valence-corrected chi connectivity index (χ1v) is 8.01. The lowest BCUT2D eigenvalue weighted by Crippen LogP contribution is -2.46. The maximum Gasteiger partial charge on any atom is 0.413 e. The first kappa shape index (κ1) is 19.2. The number of hydrogen-bond acceptors (Lipinski definition) is 4. The highest BCUT2D eigenvalue weighted by molar-refractivity contribution is 5.94. The molecular formula is C18H28N2O3. The van der Waals surface area contributed by atoms with Gasteiger partial charge in [-0.3, -0.25) is 15.4 Å². The first-order valence-electron chi connectivity index (χ1n) is 8.01. The van der Waals surface area contributed by atoms with Crippen LogP contribution < -0.4 is 10.6 Å². The van der Waals surface area contributed by atoms with Gasteiger partial charge in [-0.1, -0.05) is 52.0 Å². The van der Waals surface area contributed by atoms with Crippen molar-refractivity contribution in [1.82, 2.24) is 10.6 Å². The van der Waals surface area contributed by atoms with Crippen LogP contribution in [-0.4, -0.2) is 25.2 Å². The van der Waals surface area contributed by atoms with E-state index in [1.54, 1.807) is 6.92 Å². The Bertz CT molecular complexity index is 524. The summed E-state index contributed by atoms with van der Waals surface area (Å²) in [4.78, 5) is 23.1. The van der Waals surface area contributed by atoms with Crippen molar-refractivity contribution in [1.29, 1.82) is 0 Å². The van der Waals surface area contributed by atoms with Gasteiger partial charge in [0.1, 0.15) is 0 Å². The minimum Gasteiger partial charge on any atom is -0.453 e. The lowest BCUT2D eigenvalue weighted by Gasteiger charge is -2.26. The van der Waals surface area contributed by atoms with Gasteiger partial charge in [0.2, 0.25) is 5.91 Å². The number of benzene rings is 1. The minimum atomic E-state index is -0.744. The molecule has 0 heterocycles. The van der Waals surface area contributed by atoms with Crippen molar-refractivity contribution in [3.63, 3.8) is 0 Å². The van der Waals surface area contributed by atoms with E-state index in [0.29, 0.717) is 11.8 Å². The molecule has 0 saturated carbocycles. The molecule has 0 fully saturated rings. The van der Waals surface area contributed by atoms with Gasteiger partial charge < -0.3 is 4.74 Å². The average molecular weight is 320 g/mol. The van der Waals surface area contributed by atoms with Gasteiger partial charge in [-0.25, -0.2) is 4.79 Å². The second-order valence-electron chi connectivity index (χ2n) is 6.41. The number of imide groups is 1. The molecule has 23 heavy (non-hydrogen) atoms. The van der Waals surface area contributed by atoms with Gasteiger partial charge in [0.15, 0.2) is 0 Å². The molecule has 0 aromatic heterocycles. The van der Waals surface area contributed by atoms with Crippen LogP contribution in [0.2, 0.25) is 0 Å². The van der Waals surface area contributed by atoms with E-state index in [2.05, 4.69) is 67.3 Å². The van der Waals surface area contributed by atoms with Crippen LogP contribution in [0, 0.1) is 5.92 Å². The summed E-state index contributed by atoms with van der Waals surface area (Å²) < 4.78 is 4.44. The summed E-state index contributed by atoms with van der Waals surface area (Å²) in [5.74, 6) is 0.383. The van der Waals surface area contributed by atoms with E-state index in [9.17, 15) is 9.59 Å². The zero-order valence-electron chi connectivity index (χ0n) is 14.8. The summed E-state index contributed by atoms with van der Waals surface area (Å²) in [5, 5.41) is 5.48. The van der Waals surface area contributed by atoms with Crippen LogP contribution in [-0.2, 0) is 9.53 Å². The number of ether oxygens (including phenoxy) is 1. The van der Waals surface area contributed by atoms with E-state index >= 15 is 0 Å². The van der Waals surface area contributed by atoms with Gasteiger partial charge in [-0.05, 0) is 29.9 Å². The van der Waals surface area contributed by atoms with Crippen LogP contribution in [0.1, 0.15) is 57.7 Å². The molecule has 128 valence electrons. The number of hydrogen-bond donors (Lipinski definition) is 2. The van der Waals surface area contributed by atoms with Crippen LogP contribution in [0.5, 0.6) is 0 Å². The largest absolute Gasteiger partial charge is 0.453 e. The fourth-order valence-electron chi connectivity index (χ4n) is 2.37. The average Bonchev–Trinajstić information content (AvgIpc) is 2.51. The maximum absolute atomic E-state index is 12.0. The van der Waals surface area contributed by atoms with E-state index in [1.165, 1.54) is 12.7 Å². The number of amides is 2. The predicted molar refractivity (Wildman–Crippen MR) is 91.3 cm³/mol. The Morgan fingerprint density at radius 1 is 0.957 bits per heavy atom. The summed E-state index contributed by atoms with van der Waals surface area (Å²) >= 11 is 0. The molecule has 1 rings (SSSR count). The molecule has 5 heteroatoms. The number of carbonyl (C=O) groups excluding carboxylic acids is 2. The Hall–Kier alpha value is -1.88. The molecule has 0 aliphatic rings. The summed E-state index contributed by atoms with van der Waals surface area (Å²) in [6.07, 6.45) is -0.744. The standard InChI is InChI=1S/C18H28N2O3/c1-11(2)14-7-9-15(10-8-14)16(12(3)4)19-13(5)17(21)20-18(22)23-6/h7-13,16,19H,1-6H3,(H,20,21,22)/t13-,16+/m0/s1. The van der Waals surface area contributed by atoms with Gasteiger partial charge in [-0.15, -0.1) is 0 Å². The molecule has 0 bridgehead atoms. The normalized spacial score (nSPS) is 13.7. The molecule has 2 N–H and O–H groups in total. The van der Waals surface area contributed by atoms with Crippen molar-refractivity contribution >= 4 is 12.0 Å². The van der Waals surface area contributed by atoms with Crippen LogP contribution in [0.3, 0.4) is 0 Å². The third kappa shape index (κ3) is 5.67. The second kappa shape index (κ2) is 8.67. The van der Waals surface area contributed by atoms with Crippen molar-refractivity contribution < 1.29 is 14.3 Å². The van der Waals surface area contributed by atoms with Gasteiger partial charge in [0.05, 0.1) is 13.2 Å². The van der Waals surface area contributed by atoms with E-state index in [4.69, 9.17) is 0 Å². The molecule has 1 aromatic carbocycles. The molecule has 2 amide bonds. The molecule has 0 spiro atoms. The SMILES string of the molecule is COC(=O)NC(=O)[C@H](C)N[C@@H](c1ccc(C(C)C)cc1)C(C)C. The van der Waals surface area contributed by atoms with E-state index in [0.717, 1.165) is 5.56 Å². The Balaban J connectivity index is 2.82. The molecule has 0 saturated heterocycles. The van der Waals surface area contributed by atoms with Crippen molar-refractivity contribution in [3.05, 3.63) is 35.4 Å². The Kier molecular flexibility index (Phi) is 7.23. The van der Waals surface area contributed by atoms with Gasteiger partial charge in [-0.2, -0.15) is 0 Å². The smallest absolute Gasteiger partial charge is 0.413 e. The van der Waals surface area contributed by atoms with E-state index in [1.807, 2.05) is 0 Å². The van der Waals surface area contributed by atoms with Gasteiger partial charge in [0, 0.05) is 6.04 Å². The van der Waals surface area contributed by atoms with E-state index < -0.39 is 18.0 Å². The second-order valence-corrected chi connectivity index (χ2v) is 6.41. The monoisotopic (exact) mass is 320 g/mol. The Labute approximate surface area is 138 Å². The zero-order valence-corrected chi connectivity index (χ0v) is 14.8. The van der Waals surface area contributed by atoms with Crippen molar-refractivity contribution in [2.45, 2.75) is 52.6 Å². The van der Waals surface area contributed by atoms with Crippen LogP contribution in [0.4, 0.5) is 4.79 Å². The fraction of sp³-hybridized carbons (Fsp3) is 0.556. The third-order valence-corrected chi connectivity index (χ3v) is 3.86. The highest BCUT2D eigenvalue weighted by Crippen LogP contribution is 2.24. The molecule has 0 radical (unpaired) electrons. The number of rotatable bonds is 6. The maximum atomic E-state index is 12.0.